The first-order valence-corrected chi connectivity index (χ1v) is 9.22. The topological polar surface area (TPSA) is 129 Å². The van der Waals surface area contributed by atoms with Crippen LogP contribution in [0.15, 0.2) is 29.4 Å². The molecule has 1 aromatic heterocycles. The number of aromatic nitrogens is 3. The van der Waals surface area contributed by atoms with E-state index in [1.165, 1.54) is 11.5 Å². The maximum absolute atomic E-state index is 12.8. The number of thioether (sulfide) groups is 1. The minimum Gasteiger partial charge on any atom is -0.465 e. The van der Waals surface area contributed by atoms with Crippen molar-refractivity contribution in [3.63, 3.8) is 0 Å². The summed E-state index contributed by atoms with van der Waals surface area (Å²) in [5.41, 5.74) is 6.91. The summed E-state index contributed by atoms with van der Waals surface area (Å²) in [6.07, 6.45) is 0. The van der Waals surface area contributed by atoms with Gasteiger partial charge >= 0.3 is 5.97 Å². The Hall–Kier alpha value is -2.88. The van der Waals surface area contributed by atoms with E-state index in [0.29, 0.717) is 16.4 Å². The van der Waals surface area contributed by atoms with Crippen LogP contribution in [0.4, 0.5) is 11.6 Å². The molecule has 0 radical (unpaired) electrons. The standard InChI is InChI=1S/C17H21N5O4S/c1-4-26-14(24)9-27-17-21-20-16(18)22(17)10(2)15(25)12-5-7-13(8-6-12)19-11(3)23/h5-8,10H,4,9H2,1-3H3,(H2,18,20)(H,19,23). The fraction of sp³-hybridized carbons (Fsp3) is 0.353. The Bertz CT molecular complexity index is 834. The van der Waals surface area contributed by atoms with E-state index in [-0.39, 0.29) is 36.0 Å². The number of ketones is 1. The summed E-state index contributed by atoms with van der Waals surface area (Å²) in [5.74, 6) is -0.657. The maximum atomic E-state index is 12.8. The molecule has 1 atom stereocenters. The summed E-state index contributed by atoms with van der Waals surface area (Å²) in [5, 5.41) is 10.7. The summed E-state index contributed by atoms with van der Waals surface area (Å²) in [7, 11) is 0. The van der Waals surface area contributed by atoms with Crippen molar-refractivity contribution >= 4 is 41.1 Å². The molecule has 0 bridgehead atoms. The zero-order valence-corrected chi connectivity index (χ0v) is 16.1. The zero-order valence-electron chi connectivity index (χ0n) is 15.3. The second kappa shape index (κ2) is 9.17. The Morgan fingerprint density at radius 3 is 2.52 bits per heavy atom. The molecule has 2 aromatic rings. The molecule has 1 heterocycles. The molecule has 3 N–H and O–H groups in total. The number of hydrogen-bond donors (Lipinski definition) is 2. The van der Waals surface area contributed by atoms with E-state index in [4.69, 9.17) is 10.5 Å². The normalized spacial score (nSPS) is 11.7. The van der Waals surface area contributed by atoms with Crippen LogP contribution in [0, 0.1) is 0 Å². The molecule has 0 saturated carbocycles. The number of esters is 1. The fourth-order valence-electron chi connectivity index (χ4n) is 2.36. The van der Waals surface area contributed by atoms with Crippen LogP contribution in [-0.4, -0.2) is 44.8 Å². The van der Waals surface area contributed by atoms with E-state index >= 15 is 0 Å². The number of ether oxygens (including phenoxy) is 1. The summed E-state index contributed by atoms with van der Waals surface area (Å²) in [4.78, 5) is 35.4. The predicted molar refractivity (Wildman–Crippen MR) is 102 cm³/mol. The molecule has 0 saturated heterocycles. The fourth-order valence-corrected chi connectivity index (χ4v) is 3.18. The van der Waals surface area contributed by atoms with E-state index in [2.05, 4.69) is 15.5 Å². The largest absolute Gasteiger partial charge is 0.465 e. The minimum atomic E-state index is -0.670. The van der Waals surface area contributed by atoms with Gasteiger partial charge in [0.05, 0.1) is 18.4 Å². The van der Waals surface area contributed by atoms with E-state index < -0.39 is 6.04 Å². The molecule has 1 aromatic carbocycles. The lowest BCUT2D eigenvalue weighted by Gasteiger charge is -2.15. The molecule has 1 amide bonds. The van der Waals surface area contributed by atoms with E-state index in [1.54, 1.807) is 38.1 Å². The highest BCUT2D eigenvalue weighted by Crippen LogP contribution is 2.25. The average molecular weight is 391 g/mol. The number of benzene rings is 1. The lowest BCUT2D eigenvalue weighted by molar-refractivity contribution is -0.139. The van der Waals surface area contributed by atoms with Gasteiger partial charge in [0.15, 0.2) is 10.9 Å². The number of carbonyl (C=O) groups excluding carboxylic acids is 3. The molecular formula is C17H21N5O4S. The first-order valence-electron chi connectivity index (χ1n) is 8.24. The van der Waals surface area contributed by atoms with Crippen molar-refractivity contribution < 1.29 is 19.1 Å². The molecule has 10 heteroatoms. The highest BCUT2D eigenvalue weighted by atomic mass is 32.2. The van der Waals surface area contributed by atoms with Crippen LogP contribution >= 0.6 is 11.8 Å². The first-order chi connectivity index (χ1) is 12.8. The number of nitrogens with zero attached hydrogens (tertiary/aromatic N) is 3. The number of anilines is 2. The SMILES string of the molecule is CCOC(=O)CSc1nnc(N)n1C(C)C(=O)c1ccc(NC(C)=O)cc1. The van der Waals surface area contributed by atoms with Crippen LogP contribution in [-0.2, 0) is 14.3 Å². The Labute approximate surface area is 160 Å². The minimum absolute atomic E-state index is 0.0400. The third-order valence-corrected chi connectivity index (χ3v) is 4.49. The van der Waals surface area contributed by atoms with Gasteiger partial charge in [-0.15, -0.1) is 10.2 Å². The van der Waals surface area contributed by atoms with Crippen molar-refractivity contribution in [1.29, 1.82) is 0 Å². The third-order valence-electron chi connectivity index (χ3n) is 3.57. The second-order valence-corrected chi connectivity index (χ2v) is 6.55. The molecule has 0 spiro atoms. The van der Waals surface area contributed by atoms with Crippen molar-refractivity contribution in [3.05, 3.63) is 29.8 Å². The molecule has 0 aliphatic rings. The van der Waals surface area contributed by atoms with Crippen LogP contribution in [0.1, 0.15) is 37.2 Å². The number of carbonyl (C=O) groups is 3. The number of nitrogens with one attached hydrogen (secondary N) is 1. The number of rotatable bonds is 8. The van der Waals surface area contributed by atoms with Gasteiger partial charge in [0.25, 0.3) is 0 Å². The molecule has 2 rings (SSSR count). The van der Waals surface area contributed by atoms with Crippen molar-refractivity contribution in [3.8, 4) is 0 Å². The predicted octanol–water partition coefficient (Wildman–Crippen LogP) is 1.92. The molecule has 0 aliphatic carbocycles. The summed E-state index contributed by atoms with van der Waals surface area (Å²) in [6.45, 7) is 5.10. The van der Waals surface area contributed by atoms with Gasteiger partial charge in [-0.25, -0.2) is 0 Å². The lowest BCUT2D eigenvalue weighted by atomic mass is 10.0. The molecule has 27 heavy (non-hydrogen) atoms. The van der Waals surface area contributed by atoms with Gasteiger partial charge in [-0.05, 0) is 38.1 Å². The Morgan fingerprint density at radius 1 is 1.26 bits per heavy atom. The number of nitrogens with two attached hydrogens (primary N) is 1. The molecule has 1 unspecified atom stereocenters. The van der Waals surface area contributed by atoms with Crippen molar-refractivity contribution in [2.75, 3.05) is 23.4 Å². The monoisotopic (exact) mass is 391 g/mol. The van der Waals surface area contributed by atoms with Gasteiger partial charge in [-0.1, -0.05) is 11.8 Å². The van der Waals surface area contributed by atoms with E-state index in [0.717, 1.165) is 11.8 Å². The van der Waals surface area contributed by atoms with Gasteiger partial charge in [-0.3, -0.25) is 19.0 Å². The molecule has 9 nitrogen and oxygen atoms in total. The second-order valence-electron chi connectivity index (χ2n) is 5.60. The molecular weight excluding hydrogens is 370 g/mol. The number of hydrogen-bond acceptors (Lipinski definition) is 8. The van der Waals surface area contributed by atoms with Crippen molar-refractivity contribution in [1.82, 2.24) is 14.8 Å². The Kier molecular flexibility index (Phi) is 6.94. The number of Topliss-reactive ketones (excluding diaryl/α,β-unsaturated/α-hetero) is 1. The summed E-state index contributed by atoms with van der Waals surface area (Å²) < 4.78 is 6.36. The van der Waals surface area contributed by atoms with Gasteiger partial charge < -0.3 is 15.8 Å². The van der Waals surface area contributed by atoms with E-state index in [9.17, 15) is 14.4 Å². The number of nitrogen functional groups attached to an aromatic ring is 1. The zero-order chi connectivity index (χ0) is 20.0. The van der Waals surface area contributed by atoms with Gasteiger partial charge in [0, 0.05) is 18.2 Å². The quantitative estimate of drug-likeness (QED) is 0.397. The van der Waals surface area contributed by atoms with E-state index in [1.807, 2.05) is 0 Å². The Morgan fingerprint density at radius 2 is 1.93 bits per heavy atom. The highest BCUT2D eigenvalue weighted by Gasteiger charge is 2.24. The van der Waals surface area contributed by atoms with Crippen molar-refractivity contribution in [2.45, 2.75) is 32.0 Å². The molecule has 0 fully saturated rings. The van der Waals surface area contributed by atoms with Gasteiger partial charge in [0.1, 0.15) is 0 Å². The molecule has 144 valence electrons. The molecule has 0 aliphatic heterocycles. The summed E-state index contributed by atoms with van der Waals surface area (Å²) >= 11 is 1.10. The smallest absolute Gasteiger partial charge is 0.316 e. The highest BCUT2D eigenvalue weighted by molar-refractivity contribution is 7.99. The summed E-state index contributed by atoms with van der Waals surface area (Å²) in [6, 6.07) is 5.86. The average Bonchev–Trinajstić information content (AvgIpc) is 2.99. The van der Waals surface area contributed by atoms with Crippen LogP contribution in [0.2, 0.25) is 0 Å². The van der Waals surface area contributed by atoms with Crippen molar-refractivity contribution in [2.24, 2.45) is 0 Å². The third kappa shape index (κ3) is 5.30. The Balaban J connectivity index is 2.15. The van der Waals surface area contributed by atoms with Crippen LogP contribution in [0.3, 0.4) is 0 Å². The van der Waals surface area contributed by atoms with Crippen LogP contribution < -0.4 is 11.1 Å². The lowest BCUT2D eigenvalue weighted by Crippen LogP contribution is -2.20. The number of amides is 1. The van der Waals surface area contributed by atoms with Gasteiger partial charge in [-0.2, -0.15) is 0 Å². The van der Waals surface area contributed by atoms with Gasteiger partial charge in [0.2, 0.25) is 11.9 Å². The maximum Gasteiger partial charge on any atom is 0.316 e. The van der Waals surface area contributed by atoms with Crippen LogP contribution in [0.25, 0.3) is 0 Å². The first kappa shape index (κ1) is 20.4. The van der Waals surface area contributed by atoms with Crippen LogP contribution in [0.5, 0.6) is 0 Å².